The maximum absolute atomic E-state index is 6.32. The molecule has 2 unspecified atom stereocenters. The van der Waals surface area contributed by atoms with Crippen molar-refractivity contribution in [1.82, 2.24) is 9.88 Å². The maximum atomic E-state index is 6.32. The minimum Gasteiger partial charge on any atom is -0.370 e. The van der Waals surface area contributed by atoms with Crippen LogP contribution < -0.4 is 5.32 Å². The summed E-state index contributed by atoms with van der Waals surface area (Å²) in [5.41, 5.74) is 0.985. The van der Waals surface area contributed by atoms with Crippen LogP contribution in [0.3, 0.4) is 0 Å². The van der Waals surface area contributed by atoms with E-state index in [1.165, 1.54) is 25.7 Å². The third-order valence-electron chi connectivity index (χ3n) is 4.41. The second kappa shape index (κ2) is 8.00. The van der Waals surface area contributed by atoms with E-state index in [0.29, 0.717) is 6.04 Å². The van der Waals surface area contributed by atoms with Crippen molar-refractivity contribution >= 4 is 17.4 Å². The molecule has 1 N–H and O–H groups in total. The molecule has 0 radical (unpaired) electrons. The van der Waals surface area contributed by atoms with E-state index < -0.39 is 0 Å². The van der Waals surface area contributed by atoms with Gasteiger partial charge in [-0.3, -0.25) is 4.90 Å². The van der Waals surface area contributed by atoms with Crippen molar-refractivity contribution in [2.24, 2.45) is 5.92 Å². The predicted molar refractivity (Wildman–Crippen MR) is 90.9 cm³/mol. The molecule has 4 heteroatoms. The summed E-state index contributed by atoms with van der Waals surface area (Å²) in [4.78, 5) is 7.10. The Balaban J connectivity index is 2.00. The summed E-state index contributed by atoms with van der Waals surface area (Å²) in [7, 11) is 2.20. The first-order valence-corrected chi connectivity index (χ1v) is 8.57. The molecule has 0 spiro atoms. The Morgan fingerprint density at radius 2 is 2.19 bits per heavy atom. The molecule has 21 heavy (non-hydrogen) atoms. The standard InChI is InChI=1S/C17H28ClN3/c1-4-10-19-17-9-8-15(18)16(20-17)12-21(3)14-7-5-6-13(2)11-14/h8-9,13-14H,4-7,10-12H2,1-3H3,(H,19,20). The second-order valence-electron chi connectivity index (χ2n) is 6.39. The van der Waals surface area contributed by atoms with Crippen LogP contribution in [0.2, 0.25) is 5.02 Å². The normalized spacial score (nSPS) is 22.5. The first-order chi connectivity index (χ1) is 10.1. The van der Waals surface area contributed by atoms with E-state index in [0.717, 1.165) is 42.0 Å². The largest absolute Gasteiger partial charge is 0.370 e. The smallest absolute Gasteiger partial charge is 0.126 e. The Morgan fingerprint density at radius 1 is 1.38 bits per heavy atom. The molecule has 1 heterocycles. The summed E-state index contributed by atoms with van der Waals surface area (Å²) < 4.78 is 0. The third kappa shape index (κ3) is 4.86. The van der Waals surface area contributed by atoms with Crippen LogP contribution in [-0.4, -0.2) is 29.5 Å². The first kappa shape index (κ1) is 16.6. The summed E-state index contributed by atoms with van der Waals surface area (Å²) in [5.74, 6) is 1.77. The fourth-order valence-electron chi connectivity index (χ4n) is 3.11. The van der Waals surface area contributed by atoms with Gasteiger partial charge in [-0.25, -0.2) is 4.98 Å². The topological polar surface area (TPSA) is 28.2 Å². The van der Waals surface area contributed by atoms with Crippen LogP contribution >= 0.6 is 11.6 Å². The number of halogens is 1. The monoisotopic (exact) mass is 309 g/mol. The molecular formula is C17H28ClN3. The molecule has 1 saturated carbocycles. The number of hydrogen-bond donors (Lipinski definition) is 1. The van der Waals surface area contributed by atoms with Gasteiger partial charge in [0.1, 0.15) is 5.82 Å². The summed E-state index contributed by atoms with van der Waals surface area (Å²) >= 11 is 6.32. The zero-order valence-corrected chi connectivity index (χ0v) is 14.3. The number of aromatic nitrogens is 1. The molecule has 0 aliphatic heterocycles. The molecule has 0 amide bonds. The molecule has 3 nitrogen and oxygen atoms in total. The van der Waals surface area contributed by atoms with Gasteiger partial charge >= 0.3 is 0 Å². The summed E-state index contributed by atoms with van der Waals surface area (Å²) in [6.07, 6.45) is 6.41. The molecule has 2 rings (SSSR count). The van der Waals surface area contributed by atoms with Gasteiger partial charge in [0.25, 0.3) is 0 Å². The Labute approximate surface area is 134 Å². The average Bonchev–Trinajstić information content (AvgIpc) is 2.48. The van der Waals surface area contributed by atoms with E-state index in [4.69, 9.17) is 11.6 Å². The van der Waals surface area contributed by atoms with Crippen molar-refractivity contribution < 1.29 is 0 Å². The molecule has 1 aliphatic rings. The SMILES string of the molecule is CCCNc1ccc(Cl)c(CN(C)C2CCCC(C)C2)n1. The highest BCUT2D eigenvalue weighted by atomic mass is 35.5. The summed E-state index contributed by atoms with van der Waals surface area (Å²) in [6.45, 7) is 6.30. The van der Waals surface area contributed by atoms with Crippen LogP contribution in [0.1, 0.15) is 51.6 Å². The first-order valence-electron chi connectivity index (χ1n) is 8.19. The number of nitrogens with zero attached hydrogens (tertiary/aromatic N) is 2. The lowest BCUT2D eigenvalue weighted by Crippen LogP contribution is -2.35. The zero-order valence-electron chi connectivity index (χ0n) is 13.5. The van der Waals surface area contributed by atoms with Gasteiger partial charge in [-0.2, -0.15) is 0 Å². The third-order valence-corrected chi connectivity index (χ3v) is 4.75. The van der Waals surface area contributed by atoms with Crippen molar-refractivity contribution in [2.45, 2.75) is 58.5 Å². The maximum Gasteiger partial charge on any atom is 0.126 e. The van der Waals surface area contributed by atoms with Crippen LogP contribution in [0, 0.1) is 5.92 Å². The Bertz CT molecular complexity index is 450. The predicted octanol–water partition coefficient (Wildman–Crippen LogP) is 4.57. The minimum atomic E-state index is 0.666. The lowest BCUT2D eigenvalue weighted by Gasteiger charge is -2.34. The van der Waals surface area contributed by atoms with E-state index in [9.17, 15) is 0 Å². The van der Waals surface area contributed by atoms with Crippen molar-refractivity contribution in [3.8, 4) is 0 Å². The zero-order chi connectivity index (χ0) is 15.2. The van der Waals surface area contributed by atoms with Crippen LogP contribution in [0.4, 0.5) is 5.82 Å². The van der Waals surface area contributed by atoms with Crippen LogP contribution in [0.15, 0.2) is 12.1 Å². The summed E-state index contributed by atoms with van der Waals surface area (Å²) in [5, 5.41) is 4.10. The highest BCUT2D eigenvalue weighted by Crippen LogP contribution is 2.28. The van der Waals surface area contributed by atoms with Gasteiger partial charge in [0.2, 0.25) is 0 Å². The number of pyridine rings is 1. The second-order valence-corrected chi connectivity index (χ2v) is 6.80. The van der Waals surface area contributed by atoms with E-state index in [-0.39, 0.29) is 0 Å². The molecule has 1 aromatic rings. The van der Waals surface area contributed by atoms with Gasteiger partial charge in [0, 0.05) is 19.1 Å². The average molecular weight is 310 g/mol. The highest BCUT2D eigenvalue weighted by molar-refractivity contribution is 6.31. The number of hydrogen-bond acceptors (Lipinski definition) is 3. The van der Waals surface area contributed by atoms with Crippen LogP contribution in [0.5, 0.6) is 0 Å². The minimum absolute atomic E-state index is 0.666. The van der Waals surface area contributed by atoms with Crippen molar-refractivity contribution in [1.29, 1.82) is 0 Å². The molecule has 0 saturated heterocycles. The van der Waals surface area contributed by atoms with Gasteiger partial charge in [-0.15, -0.1) is 0 Å². The van der Waals surface area contributed by atoms with E-state index in [2.05, 4.69) is 36.1 Å². The van der Waals surface area contributed by atoms with Crippen LogP contribution in [0.25, 0.3) is 0 Å². The van der Waals surface area contributed by atoms with E-state index in [1.54, 1.807) is 0 Å². The molecule has 1 aliphatic carbocycles. The molecule has 0 aromatic carbocycles. The fraction of sp³-hybridized carbons (Fsp3) is 0.706. The molecule has 0 bridgehead atoms. The van der Waals surface area contributed by atoms with Gasteiger partial charge in [0.05, 0.1) is 10.7 Å². The van der Waals surface area contributed by atoms with E-state index >= 15 is 0 Å². The van der Waals surface area contributed by atoms with Gasteiger partial charge in [-0.1, -0.05) is 38.3 Å². The van der Waals surface area contributed by atoms with Gasteiger partial charge in [-0.05, 0) is 44.4 Å². The molecule has 1 fully saturated rings. The van der Waals surface area contributed by atoms with Crippen LogP contribution in [-0.2, 0) is 6.54 Å². The lowest BCUT2D eigenvalue weighted by atomic mass is 9.86. The Kier molecular flexibility index (Phi) is 6.31. The van der Waals surface area contributed by atoms with Gasteiger partial charge in [0.15, 0.2) is 0 Å². The molecular weight excluding hydrogens is 282 g/mol. The summed E-state index contributed by atoms with van der Waals surface area (Å²) in [6, 6.07) is 4.59. The van der Waals surface area contributed by atoms with Crippen molar-refractivity contribution in [3.05, 3.63) is 22.8 Å². The number of anilines is 1. The lowest BCUT2D eigenvalue weighted by molar-refractivity contribution is 0.156. The number of nitrogens with one attached hydrogen (secondary N) is 1. The van der Waals surface area contributed by atoms with Crippen molar-refractivity contribution in [3.63, 3.8) is 0 Å². The number of rotatable bonds is 6. The fourth-order valence-corrected chi connectivity index (χ4v) is 3.28. The Hall–Kier alpha value is -0.800. The van der Waals surface area contributed by atoms with Gasteiger partial charge < -0.3 is 5.32 Å². The van der Waals surface area contributed by atoms with E-state index in [1.807, 2.05) is 12.1 Å². The quantitative estimate of drug-likeness (QED) is 0.834. The molecule has 1 aromatic heterocycles. The Morgan fingerprint density at radius 3 is 2.90 bits per heavy atom. The molecule has 118 valence electrons. The molecule has 2 atom stereocenters. The highest BCUT2D eigenvalue weighted by Gasteiger charge is 2.23. The van der Waals surface area contributed by atoms with Crippen molar-refractivity contribution in [2.75, 3.05) is 18.9 Å².